The van der Waals surface area contributed by atoms with Gasteiger partial charge in [0, 0.05) is 13.2 Å². The Kier molecular flexibility index (Phi) is 5.12. The Bertz CT molecular complexity index is 414. The van der Waals surface area contributed by atoms with Crippen molar-refractivity contribution in [3.63, 3.8) is 0 Å². The van der Waals surface area contributed by atoms with Crippen LogP contribution in [0.25, 0.3) is 0 Å². The summed E-state index contributed by atoms with van der Waals surface area (Å²) < 4.78 is 11.1. The average Bonchev–Trinajstić information content (AvgIpc) is 2.85. The van der Waals surface area contributed by atoms with Crippen LogP contribution in [0, 0.1) is 0 Å². The van der Waals surface area contributed by atoms with Crippen LogP contribution in [-0.4, -0.2) is 40.8 Å². The van der Waals surface area contributed by atoms with Crippen molar-refractivity contribution < 1.29 is 9.26 Å². The van der Waals surface area contributed by atoms with Crippen molar-refractivity contribution in [1.29, 1.82) is 0 Å². The lowest BCUT2D eigenvalue weighted by Gasteiger charge is -2.31. The maximum atomic E-state index is 5.96. The van der Waals surface area contributed by atoms with E-state index < -0.39 is 5.54 Å². The minimum absolute atomic E-state index is 0.331. The molecule has 0 bridgehead atoms. The van der Waals surface area contributed by atoms with Gasteiger partial charge in [-0.1, -0.05) is 12.1 Å². The highest BCUT2D eigenvalue weighted by molar-refractivity contribution is 4.99. The zero-order chi connectivity index (χ0) is 14.6. The lowest BCUT2D eigenvalue weighted by molar-refractivity contribution is -0.00455. The van der Waals surface area contributed by atoms with Gasteiger partial charge >= 0.3 is 0 Å². The Hall–Kier alpha value is -0.980. The van der Waals surface area contributed by atoms with Crippen molar-refractivity contribution in [3.8, 4) is 0 Å². The molecule has 0 amide bonds. The maximum Gasteiger partial charge on any atom is 0.240 e. The number of aromatic nitrogens is 2. The summed E-state index contributed by atoms with van der Waals surface area (Å²) in [6.45, 7) is 9.38. The summed E-state index contributed by atoms with van der Waals surface area (Å²) in [7, 11) is 0. The molecule has 1 aliphatic rings. The Morgan fingerprint density at radius 2 is 2.30 bits per heavy atom. The molecule has 0 radical (unpaired) electrons. The molecular weight excluding hydrogens is 256 g/mol. The van der Waals surface area contributed by atoms with Gasteiger partial charge < -0.3 is 15.0 Å². The van der Waals surface area contributed by atoms with Crippen molar-refractivity contribution in [2.24, 2.45) is 5.73 Å². The number of hydrogen-bond acceptors (Lipinski definition) is 6. The SMILES string of the molecule is CCCOC1CCCN(Cc2nc(C(C)(C)N)no2)C1. The monoisotopic (exact) mass is 282 g/mol. The summed E-state index contributed by atoms with van der Waals surface area (Å²) >= 11 is 0. The number of hydrogen-bond donors (Lipinski definition) is 1. The second kappa shape index (κ2) is 6.65. The van der Waals surface area contributed by atoms with E-state index in [0.717, 1.165) is 39.0 Å². The molecule has 1 aromatic heterocycles. The molecule has 0 aliphatic carbocycles. The molecule has 2 heterocycles. The van der Waals surface area contributed by atoms with Crippen molar-refractivity contribution >= 4 is 0 Å². The van der Waals surface area contributed by atoms with Crippen LogP contribution in [0.2, 0.25) is 0 Å². The van der Waals surface area contributed by atoms with Gasteiger partial charge in [0.05, 0.1) is 18.2 Å². The van der Waals surface area contributed by atoms with Gasteiger partial charge in [-0.3, -0.25) is 4.90 Å². The highest BCUT2D eigenvalue weighted by Crippen LogP contribution is 2.17. The molecule has 1 unspecified atom stereocenters. The smallest absolute Gasteiger partial charge is 0.240 e. The summed E-state index contributed by atoms with van der Waals surface area (Å²) in [6, 6.07) is 0. The van der Waals surface area contributed by atoms with Gasteiger partial charge in [0.1, 0.15) is 0 Å². The van der Waals surface area contributed by atoms with E-state index in [9.17, 15) is 0 Å². The van der Waals surface area contributed by atoms with Crippen LogP contribution in [-0.2, 0) is 16.8 Å². The van der Waals surface area contributed by atoms with E-state index in [2.05, 4.69) is 22.0 Å². The van der Waals surface area contributed by atoms with E-state index >= 15 is 0 Å². The molecule has 0 spiro atoms. The van der Waals surface area contributed by atoms with Crippen LogP contribution >= 0.6 is 0 Å². The Morgan fingerprint density at radius 3 is 2.95 bits per heavy atom. The lowest BCUT2D eigenvalue weighted by Crippen LogP contribution is -2.39. The summed E-state index contributed by atoms with van der Waals surface area (Å²) in [5.74, 6) is 1.19. The predicted molar refractivity (Wildman–Crippen MR) is 76.1 cm³/mol. The van der Waals surface area contributed by atoms with Crippen LogP contribution in [0.1, 0.15) is 51.7 Å². The first kappa shape index (κ1) is 15.4. The molecule has 1 atom stereocenters. The van der Waals surface area contributed by atoms with Crippen LogP contribution in [0.5, 0.6) is 0 Å². The second-order valence-electron chi connectivity index (χ2n) is 6.10. The van der Waals surface area contributed by atoms with E-state index in [1.165, 1.54) is 0 Å². The minimum Gasteiger partial charge on any atom is -0.377 e. The molecule has 114 valence electrons. The Balaban J connectivity index is 1.88. The number of nitrogens with zero attached hydrogens (tertiary/aromatic N) is 3. The maximum absolute atomic E-state index is 5.96. The van der Waals surface area contributed by atoms with Gasteiger partial charge in [-0.25, -0.2) is 0 Å². The lowest BCUT2D eigenvalue weighted by atomic mass is 10.1. The largest absolute Gasteiger partial charge is 0.377 e. The molecular formula is C14H26N4O2. The summed E-state index contributed by atoms with van der Waals surface area (Å²) in [5, 5.41) is 3.95. The van der Waals surface area contributed by atoms with E-state index in [0.29, 0.717) is 24.4 Å². The number of ether oxygens (including phenoxy) is 1. The molecule has 0 saturated carbocycles. The third-order valence-corrected chi connectivity index (χ3v) is 3.42. The van der Waals surface area contributed by atoms with Gasteiger partial charge in [0.25, 0.3) is 0 Å². The molecule has 0 aromatic carbocycles. The first-order valence-electron chi connectivity index (χ1n) is 7.45. The number of likely N-dealkylation sites (tertiary alicyclic amines) is 1. The van der Waals surface area contributed by atoms with Gasteiger partial charge in [-0.05, 0) is 39.7 Å². The molecule has 6 nitrogen and oxygen atoms in total. The van der Waals surface area contributed by atoms with Crippen LogP contribution in [0.3, 0.4) is 0 Å². The van der Waals surface area contributed by atoms with Crippen LogP contribution in [0.4, 0.5) is 0 Å². The quantitative estimate of drug-likeness (QED) is 0.855. The molecule has 1 aromatic rings. The molecule has 2 N–H and O–H groups in total. The third kappa shape index (κ3) is 4.26. The van der Waals surface area contributed by atoms with E-state index in [4.69, 9.17) is 15.0 Å². The number of rotatable bonds is 6. The Labute approximate surface area is 120 Å². The molecule has 20 heavy (non-hydrogen) atoms. The fourth-order valence-corrected chi connectivity index (χ4v) is 2.35. The van der Waals surface area contributed by atoms with Gasteiger partial charge in [-0.15, -0.1) is 0 Å². The van der Waals surface area contributed by atoms with Gasteiger partial charge in [0.2, 0.25) is 5.89 Å². The Morgan fingerprint density at radius 1 is 1.50 bits per heavy atom. The molecule has 2 rings (SSSR count). The molecule has 6 heteroatoms. The average molecular weight is 282 g/mol. The van der Waals surface area contributed by atoms with Gasteiger partial charge in [0.15, 0.2) is 5.82 Å². The van der Waals surface area contributed by atoms with E-state index in [-0.39, 0.29) is 0 Å². The normalized spacial score (nSPS) is 21.3. The standard InChI is InChI=1S/C14H26N4O2/c1-4-8-19-11-6-5-7-18(9-11)10-12-16-13(17-20-12)14(2,3)15/h11H,4-10,15H2,1-3H3. The molecule has 1 saturated heterocycles. The number of nitrogens with two attached hydrogens (primary N) is 1. The van der Waals surface area contributed by atoms with Crippen molar-refractivity contribution in [1.82, 2.24) is 15.0 Å². The minimum atomic E-state index is -0.559. The first-order valence-corrected chi connectivity index (χ1v) is 7.45. The van der Waals surface area contributed by atoms with Crippen molar-refractivity contribution in [3.05, 3.63) is 11.7 Å². The second-order valence-corrected chi connectivity index (χ2v) is 6.10. The highest BCUT2D eigenvalue weighted by Gasteiger charge is 2.24. The zero-order valence-electron chi connectivity index (χ0n) is 12.8. The van der Waals surface area contributed by atoms with Crippen LogP contribution < -0.4 is 5.73 Å². The summed E-state index contributed by atoms with van der Waals surface area (Å²) in [5.41, 5.74) is 5.40. The third-order valence-electron chi connectivity index (χ3n) is 3.42. The first-order chi connectivity index (χ1) is 9.49. The van der Waals surface area contributed by atoms with E-state index in [1.54, 1.807) is 0 Å². The fraction of sp³-hybridized carbons (Fsp3) is 0.857. The highest BCUT2D eigenvalue weighted by atomic mass is 16.5. The summed E-state index contributed by atoms with van der Waals surface area (Å²) in [6.07, 6.45) is 3.69. The number of piperidine rings is 1. The van der Waals surface area contributed by atoms with E-state index in [1.807, 2.05) is 13.8 Å². The van der Waals surface area contributed by atoms with Crippen molar-refractivity contribution in [2.75, 3.05) is 19.7 Å². The summed E-state index contributed by atoms with van der Waals surface area (Å²) in [4.78, 5) is 6.69. The predicted octanol–water partition coefficient (Wildman–Crippen LogP) is 1.65. The molecule has 1 fully saturated rings. The van der Waals surface area contributed by atoms with Gasteiger partial charge in [-0.2, -0.15) is 4.98 Å². The fourth-order valence-electron chi connectivity index (χ4n) is 2.35. The zero-order valence-corrected chi connectivity index (χ0v) is 12.8. The topological polar surface area (TPSA) is 77.4 Å². The van der Waals surface area contributed by atoms with Crippen LogP contribution in [0.15, 0.2) is 4.52 Å². The molecule has 1 aliphatic heterocycles. The van der Waals surface area contributed by atoms with Crippen molar-refractivity contribution in [2.45, 2.75) is 58.2 Å².